The minimum absolute atomic E-state index is 0.0827. The van der Waals surface area contributed by atoms with E-state index in [2.05, 4.69) is 20.3 Å². The van der Waals surface area contributed by atoms with Gasteiger partial charge in [-0.2, -0.15) is 0 Å². The van der Waals surface area contributed by atoms with Crippen molar-refractivity contribution in [1.82, 2.24) is 15.0 Å². The number of hydrogen-bond donors (Lipinski definition) is 3. The first-order valence-corrected chi connectivity index (χ1v) is 7.22. The molecule has 1 amide bonds. The van der Waals surface area contributed by atoms with E-state index in [4.69, 9.17) is 0 Å². The zero-order chi connectivity index (χ0) is 17.4. The highest BCUT2D eigenvalue weighted by Crippen LogP contribution is 2.17. The number of aromatic nitrogens is 3. The van der Waals surface area contributed by atoms with E-state index in [-0.39, 0.29) is 16.7 Å². The molecular formula is C16H20N4O3. The maximum absolute atomic E-state index is 12.3. The number of nitrogens with one attached hydrogen (secondary N) is 3. The molecule has 2 aromatic rings. The van der Waals surface area contributed by atoms with Crippen LogP contribution in [0.5, 0.6) is 0 Å². The molecule has 0 saturated carbocycles. The van der Waals surface area contributed by atoms with Gasteiger partial charge in [0.2, 0.25) is 0 Å². The summed E-state index contributed by atoms with van der Waals surface area (Å²) in [6.45, 7) is 9.07. The second kappa shape index (κ2) is 5.83. The quantitative estimate of drug-likeness (QED) is 0.782. The smallest absolute Gasteiger partial charge is 0.271 e. The molecule has 0 atom stereocenters. The van der Waals surface area contributed by atoms with Crippen LogP contribution in [0.3, 0.4) is 0 Å². The molecule has 7 heteroatoms. The van der Waals surface area contributed by atoms with Crippen molar-refractivity contribution < 1.29 is 4.79 Å². The maximum atomic E-state index is 12.3. The van der Waals surface area contributed by atoms with Crippen LogP contribution in [0.4, 0.5) is 5.69 Å². The Kier molecular flexibility index (Phi) is 4.22. The van der Waals surface area contributed by atoms with Gasteiger partial charge in [0.15, 0.2) is 0 Å². The highest BCUT2D eigenvalue weighted by atomic mass is 16.2. The van der Waals surface area contributed by atoms with Gasteiger partial charge in [0.05, 0.1) is 5.69 Å². The zero-order valence-electron chi connectivity index (χ0n) is 13.8. The molecule has 2 rings (SSSR count). The standard InChI is InChI=1S/C16H20N4O3/c1-8-6-7-10(12(21)17-8)19-13(22)11-9(2)18-15(16(3,4)5)20-14(11)23/h6-7H,1-5H3,(H,17,21)(H,19,22)(H,18,20,23). The van der Waals surface area contributed by atoms with Crippen LogP contribution in [0, 0.1) is 13.8 Å². The summed E-state index contributed by atoms with van der Waals surface area (Å²) < 4.78 is 0. The molecular weight excluding hydrogens is 296 g/mol. The highest BCUT2D eigenvalue weighted by Gasteiger charge is 2.22. The fraction of sp³-hybridized carbons (Fsp3) is 0.375. The highest BCUT2D eigenvalue weighted by molar-refractivity contribution is 6.04. The van der Waals surface area contributed by atoms with Gasteiger partial charge in [0, 0.05) is 11.1 Å². The van der Waals surface area contributed by atoms with Crippen molar-refractivity contribution >= 4 is 11.6 Å². The van der Waals surface area contributed by atoms with Gasteiger partial charge in [-0.3, -0.25) is 14.4 Å². The van der Waals surface area contributed by atoms with Gasteiger partial charge in [-0.25, -0.2) is 4.98 Å². The van der Waals surface area contributed by atoms with Crippen LogP contribution in [0.25, 0.3) is 0 Å². The van der Waals surface area contributed by atoms with Crippen molar-refractivity contribution in [2.75, 3.05) is 5.32 Å². The number of carbonyl (C=O) groups excluding carboxylic acids is 1. The van der Waals surface area contributed by atoms with Crippen molar-refractivity contribution in [3.63, 3.8) is 0 Å². The van der Waals surface area contributed by atoms with Gasteiger partial charge in [0.1, 0.15) is 17.1 Å². The molecule has 0 unspecified atom stereocenters. The summed E-state index contributed by atoms with van der Waals surface area (Å²) in [5, 5.41) is 2.45. The molecule has 2 heterocycles. The van der Waals surface area contributed by atoms with E-state index < -0.39 is 17.0 Å². The van der Waals surface area contributed by atoms with Crippen LogP contribution in [-0.2, 0) is 5.41 Å². The lowest BCUT2D eigenvalue weighted by molar-refractivity contribution is 0.102. The summed E-state index contributed by atoms with van der Waals surface area (Å²) in [4.78, 5) is 45.9. The monoisotopic (exact) mass is 316 g/mol. The van der Waals surface area contributed by atoms with Crippen molar-refractivity contribution in [1.29, 1.82) is 0 Å². The van der Waals surface area contributed by atoms with E-state index in [1.165, 1.54) is 6.07 Å². The maximum Gasteiger partial charge on any atom is 0.271 e. The van der Waals surface area contributed by atoms with Gasteiger partial charge in [-0.15, -0.1) is 0 Å². The Bertz CT molecular complexity index is 872. The van der Waals surface area contributed by atoms with Crippen molar-refractivity contribution in [3.8, 4) is 0 Å². The van der Waals surface area contributed by atoms with Crippen LogP contribution < -0.4 is 16.4 Å². The molecule has 23 heavy (non-hydrogen) atoms. The zero-order valence-corrected chi connectivity index (χ0v) is 13.8. The van der Waals surface area contributed by atoms with Crippen LogP contribution in [0.2, 0.25) is 0 Å². The topological polar surface area (TPSA) is 108 Å². The third kappa shape index (κ3) is 3.56. The van der Waals surface area contributed by atoms with E-state index >= 15 is 0 Å². The number of pyridine rings is 1. The van der Waals surface area contributed by atoms with Crippen LogP contribution >= 0.6 is 0 Å². The van der Waals surface area contributed by atoms with Gasteiger partial charge >= 0.3 is 0 Å². The Hall–Kier alpha value is -2.70. The fourth-order valence-electron chi connectivity index (χ4n) is 2.06. The Morgan fingerprint density at radius 3 is 2.26 bits per heavy atom. The lowest BCUT2D eigenvalue weighted by atomic mass is 9.95. The average molecular weight is 316 g/mol. The summed E-state index contributed by atoms with van der Waals surface area (Å²) in [5.41, 5.74) is -0.307. The first kappa shape index (κ1) is 16.7. The molecule has 0 aliphatic rings. The van der Waals surface area contributed by atoms with E-state index in [1.807, 2.05) is 20.8 Å². The molecule has 0 aliphatic carbocycles. The van der Waals surface area contributed by atoms with Crippen LogP contribution in [0.1, 0.15) is 48.3 Å². The summed E-state index contributed by atoms with van der Waals surface area (Å²) in [6, 6.07) is 3.15. The lowest BCUT2D eigenvalue weighted by Crippen LogP contribution is -2.31. The van der Waals surface area contributed by atoms with Crippen LogP contribution in [-0.4, -0.2) is 20.9 Å². The number of aromatic amines is 2. The van der Waals surface area contributed by atoms with Gasteiger partial charge in [-0.05, 0) is 26.0 Å². The fourth-order valence-corrected chi connectivity index (χ4v) is 2.06. The molecule has 7 nitrogen and oxygen atoms in total. The predicted molar refractivity (Wildman–Crippen MR) is 88.0 cm³/mol. The SMILES string of the molecule is Cc1ccc(NC(=O)c2c(C)nc(C(C)(C)C)[nH]c2=O)c(=O)[nH]1. The van der Waals surface area contributed by atoms with E-state index in [1.54, 1.807) is 19.9 Å². The Morgan fingerprint density at radius 1 is 1.09 bits per heavy atom. The molecule has 0 spiro atoms. The minimum atomic E-state index is -0.661. The minimum Gasteiger partial charge on any atom is -0.325 e. The molecule has 0 saturated heterocycles. The summed E-state index contributed by atoms with van der Waals surface area (Å²) in [7, 11) is 0. The molecule has 2 aromatic heterocycles. The number of hydrogen-bond acceptors (Lipinski definition) is 4. The third-order valence-electron chi connectivity index (χ3n) is 3.34. The Morgan fingerprint density at radius 2 is 1.74 bits per heavy atom. The number of nitrogens with zero attached hydrogens (tertiary/aromatic N) is 1. The number of H-pyrrole nitrogens is 2. The van der Waals surface area contributed by atoms with Gasteiger partial charge < -0.3 is 15.3 Å². The average Bonchev–Trinajstić information content (AvgIpc) is 2.40. The number of aryl methyl sites for hydroxylation is 2. The van der Waals surface area contributed by atoms with Crippen molar-refractivity contribution in [3.05, 3.63) is 55.6 Å². The molecule has 122 valence electrons. The van der Waals surface area contributed by atoms with E-state index in [0.29, 0.717) is 17.2 Å². The normalized spacial score (nSPS) is 11.3. The number of amides is 1. The molecule has 0 radical (unpaired) electrons. The van der Waals surface area contributed by atoms with Crippen molar-refractivity contribution in [2.45, 2.75) is 40.0 Å². The summed E-state index contributed by atoms with van der Waals surface area (Å²) in [5.74, 6) is -0.157. The second-order valence-electron chi connectivity index (χ2n) is 6.46. The summed E-state index contributed by atoms with van der Waals surface area (Å²) >= 11 is 0. The first-order valence-electron chi connectivity index (χ1n) is 7.22. The Labute approximate surface area is 133 Å². The van der Waals surface area contributed by atoms with Gasteiger partial charge in [0.25, 0.3) is 17.0 Å². The first-order chi connectivity index (χ1) is 10.6. The van der Waals surface area contributed by atoms with E-state index in [9.17, 15) is 14.4 Å². The van der Waals surface area contributed by atoms with E-state index in [0.717, 1.165) is 0 Å². The molecule has 0 aromatic carbocycles. The second-order valence-corrected chi connectivity index (χ2v) is 6.46. The number of anilines is 1. The van der Waals surface area contributed by atoms with Gasteiger partial charge in [-0.1, -0.05) is 20.8 Å². The lowest BCUT2D eigenvalue weighted by Gasteiger charge is -2.18. The number of rotatable bonds is 2. The van der Waals surface area contributed by atoms with Crippen molar-refractivity contribution in [2.24, 2.45) is 0 Å². The third-order valence-corrected chi connectivity index (χ3v) is 3.34. The molecule has 0 aliphatic heterocycles. The summed E-state index contributed by atoms with van der Waals surface area (Å²) in [6.07, 6.45) is 0. The van der Waals surface area contributed by atoms with Crippen LogP contribution in [0.15, 0.2) is 21.7 Å². The Balaban J connectivity index is 2.40. The molecule has 0 bridgehead atoms. The molecule has 0 fully saturated rings. The number of carbonyl (C=O) groups is 1. The molecule has 3 N–H and O–H groups in total. The largest absolute Gasteiger partial charge is 0.325 e. The predicted octanol–water partition coefficient (Wildman–Crippen LogP) is 1.62.